The number of fused-ring (bicyclic) bond motifs is 1. The zero-order valence-corrected chi connectivity index (χ0v) is 17.8. The van der Waals surface area contributed by atoms with Gasteiger partial charge in [-0.25, -0.2) is 15.0 Å². The van der Waals surface area contributed by atoms with E-state index in [0.29, 0.717) is 23.1 Å². The molecule has 0 saturated carbocycles. The molecule has 0 radical (unpaired) electrons. The molecule has 1 fully saturated rings. The number of carbonyl (C=O) groups is 1. The van der Waals surface area contributed by atoms with Crippen LogP contribution in [0.3, 0.4) is 0 Å². The molecule has 0 aliphatic carbocycles. The lowest BCUT2D eigenvalue weighted by Crippen LogP contribution is -2.21. The molecule has 1 saturated heterocycles. The van der Waals surface area contributed by atoms with Gasteiger partial charge in [-0.3, -0.25) is 13.9 Å². The Morgan fingerprint density at radius 3 is 2.81 bits per heavy atom. The van der Waals surface area contributed by atoms with Gasteiger partial charge < -0.3 is 24.2 Å². The van der Waals surface area contributed by atoms with Crippen molar-refractivity contribution in [2.75, 3.05) is 25.7 Å². The van der Waals surface area contributed by atoms with Gasteiger partial charge in [-0.1, -0.05) is 18.2 Å². The van der Waals surface area contributed by atoms with Gasteiger partial charge in [0.2, 0.25) is 0 Å². The van der Waals surface area contributed by atoms with Gasteiger partial charge >= 0.3 is 7.60 Å². The highest BCUT2D eigenvalue weighted by Crippen LogP contribution is 2.39. The number of hydrogen-bond acceptors (Lipinski definition) is 8. The summed E-state index contributed by atoms with van der Waals surface area (Å²) in [4.78, 5) is 34.7. The number of amides is 1. The zero-order chi connectivity index (χ0) is 22.0. The molecule has 1 aliphatic heterocycles. The molecule has 1 amide bonds. The van der Waals surface area contributed by atoms with Crippen LogP contribution in [-0.4, -0.2) is 62.9 Å². The first-order chi connectivity index (χ1) is 14.9. The second-order valence-corrected chi connectivity index (χ2v) is 8.99. The number of nitrogens with one attached hydrogen (secondary N) is 1. The van der Waals surface area contributed by atoms with Crippen LogP contribution < -0.4 is 5.32 Å². The maximum Gasteiger partial charge on any atom is 0.325 e. The summed E-state index contributed by atoms with van der Waals surface area (Å²) in [5, 5.41) is 2.76. The lowest BCUT2D eigenvalue weighted by atomic mass is 10.2. The highest BCUT2D eigenvalue weighted by molar-refractivity contribution is 7.51. The van der Waals surface area contributed by atoms with Gasteiger partial charge in [0.1, 0.15) is 12.4 Å². The van der Waals surface area contributed by atoms with Crippen molar-refractivity contribution in [3.63, 3.8) is 0 Å². The molecule has 4 atom stereocenters. The van der Waals surface area contributed by atoms with Crippen molar-refractivity contribution in [2.24, 2.45) is 0 Å². The second-order valence-electron chi connectivity index (χ2n) is 7.12. The molecule has 1 aromatic carbocycles. The van der Waals surface area contributed by atoms with Crippen molar-refractivity contribution in [3.05, 3.63) is 48.5 Å². The summed E-state index contributed by atoms with van der Waals surface area (Å²) in [6.07, 6.45) is 1.96. The fourth-order valence-electron chi connectivity index (χ4n) is 3.40. The maximum atomic E-state index is 12.5. The van der Waals surface area contributed by atoms with E-state index < -0.39 is 19.9 Å². The normalized spacial score (nSPS) is 23.0. The molecule has 2 N–H and O–H groups in total. The number of benzene rings is 1. The van der Waals surface area contributed by atoms with Crippen LogP contribution in [0.4, 0.5) is 5.82 Å². The minimum atomic E-state index is -3.61. The zero-order valence-electron chi connectivity index (χ0n) is 16.9. The predicted molar refractivity (Wildman–Crippen MR) is 111 cm³/mol. The third kappa shape index (κ3) is 4.81. The Hall–Kier alpha value is -2.69. The van der Waals surface area contributed by atoms with Gasteiger partial charge in [-0.2, -0.15) is 0 Å². The number of carbonyl (C=O) groups excluding carboxylic acids is 1. The maximum absolute atomic E-state index is 12.5. The summed E-state index contributed by atoms with van der Waals surface area (Å²) >= 11 is 0. The largest absolute Gasteiger partial charge is 0.377 e. The van der Waals surface area contributed by atoms with Crippen LogP contribution in [0.1, 0.15) is 23.0 Å². The number of rotatable bonds is 7. The van der Waals surface area contributed by atoms with Gasteiger partial charge in [0.25, 0.3) is 5.91 Å². The number of imidazole rings is 1. The third-order valence-electron chi connectivity index (χ3n) is 4.85. The van der Waals surface area contributed by atoms with E-state index in [9.17, 15) is 14.3 Å². The molecule has 0 spiro atoms. The van der Waals surface area contributed by atoms with Crippen molar-refractivity contribution < 1.29 is 28.3 Å². The molecule has 11 nitrogen and oxygen atoms in total. The Bertz CT molecular complexity index is 1120. The molecule has 1 aliphatic rings. The summed E-state index contributed by atoms with van der Waals surface area (Å²) in [5.41, 5.74) is 1.35. The molecule has 4 rings (SSSR count). The summed E-state index contributed by atoms with van der Waals surface area (Å²) in [6.45, 7) is 1.08. The smallest absolute Gasteiger partial charge is 0.325 e. The summed E-state index contributed by atoms with van der Waals surface area (Å²) in [6, 6.07) is 8.77. The molecule has 1 unspecified atom stereocenters. The van der Waals surface area contributed by atoms with E-state index in [1.165, 1.54) is 12.7 Å². The molecule has 3 heterocycles. The van der Waals surface area contributed by atoms with E-state index in [0.717, 1.165) is 6.66 Å². The van der Waals surface area contributed by atoms with Crippen molar-refractivity contribution in [1.29, 1.82) is 0 Å². The average Bonchev–Trinajstić information content (AvgIpc) is 3.36. The summed E-state index contributed by atoms with van der Waals surface area (Å²) in [5.74, 6) is -0.0381. The lowest BCUT2D eigenvalue weighted by molar-refractivity contribution is -0.0565. The fourth-order valence-corrected chi connectivity index (χ4v) is 3.84. The third-order valence-corrected chi connectivity index (χ3v) is 5.48. The average molecular weight is 447 g/mol. The highest BCUT2D eigenvalue weighted by atomic mass is 31.2. The molecule has 31 heavy (non-hydrogen) atoms. The van der Waals surface area contributed by atoms with Crippen molar-refractivity contribution >= 4 is 30.5 Å². The topological polar surface area (TPSA) is 138 Å². The minimum Gasteiger partial charge on any atom is -0.377 e. The first-order valence-electron chi connectivity index (χ1n) is 9.52. The van der Waals surface area contributed by atoms with Gasteiger partial charge in [0.15, 0.2) is 23.2 Å². The number of ether oxygens (including phenoxy) is 2. The number of anilines is 1. The Kier molecular flexibility index (Phi) is 6.12. The number of nitrogens with zero attached hydrogens (tertiary/aromatic N) is 4. The van der Waals surface area contributed by atoms with Crippen LogP contribution in [-0.2, 0) is 18.6 Å². The fraction of sp³-hybridized carbons (Fsp3) is 0.368. The highest BCUT2D eigenvalue weighted by Gasteiger charge is 2.38. The van der Waals surface area contributed by atoms with E-state index >= 15 is 0 Å². The Morgan fingerprint density at radius 2 is 2.10 bits per heavy atom. The molecular weight excluding hydrogens is 425 g/mol. The minimum absolute atomic E-state index is 0.0410. The van der Waals surface area contributed by atoms with Crippen LogP contribution in [0, 0.1) is 0 Å². The van der Waals surface area contributed by atoms with Crippen molar-refractivity contribution in [3.8, 4) is 0 Å². The number of aromatic nitrogens is 4. The van der Waals surface area contributed by atoms with Crippen LogP contribution in [0.15, 0.2) is 43.0 Å². The molecule has 164 valence electrons. The van der Waals surface area contributed by atoms with E-state index in [-0.39, 0.29) is 24.4 Å². The van der Waals surface area contributed by atoms with Gasteiger partial charge in [0, 0.05) is 25.8 Å². The Balaban J connectivity index is 1.57. The van der Waals surface area contributed by atoms with Crippen LogP contribution in [0.25, 0.3) is 11.2 Å². The SMILES string of the molecule is CO[C@H]1C[C@@H](COP(C)(=O)O)O[C@H]1n1cnc2c(NC(=O)c3ccccc3)ncnc21. The van der Waals surface area contributed by atoms with E-state index in [4.69, 9.17) is 14.0 Å². The van der Waals surface area contributed by atoms with Crippen LogP contribution in [0.5, 0.6) is 0 Å². The van der Waals surface area contributed by atoms with E-state index in [2.05, 4.69) is 20.3 Å². The first-order valence-corrected chi connectivity index (χ1v) is 11.5. The van der Waals surface area contributed by atoms with E-state index in [1.807, 2.05) is 6.07 Å². The molecule has 2 aromatic heterocycles. The van der Waals surface area contributed by atoms with Gasteiger partial charge in [-0.05, 0) is 12.1 Å². The lowest BCUT2D eigenvalue weighted by Gasteiger charge is -2.19. The Morgan fingerprint density at radius 1 is 1.32 bits per heavy atom. The Labute approximate surface area is 177 Å². The standard InChI is InChI=1S/C19H22N5O6P/c1-28-14-8-13(9-29-31(2,26)27)30-19(14)24-11-22-15-16(20-10-21-17(15)24)23-18(25)12-6-4-3-5-7-12/h3-7,10-11,13-14,19H,8-9H2,1-2H3,(H,26,27)(H,20,21,23,25)/t13-,14-,19+/m0/s1. The monoisotopic (exact) mass is 447 g/mol. The van der Waals surface area contributed by atoms with Crippen LogP contribution >= 0.6 is 7.60 Å². The predicted octanol–water partition coefficient (Wildman–Crippen LogP) is 2.21. The van der Waals surface area contributed by atoms with Crippen LogP contribution in [0.2, 0.25) is 0 Å². The molecule has 3 aromatic rings. The number of hydrogen-bond donors (Lipinski definition) is 2. The first kappa shape index (κ1) is 21.5. The van der Waals surface area contributed by atoms with Crippen molar-refractivity contribution in [1.82, 2.24) is 19.5 Å². The van der Waals surface area contributed by atoms with Gasteiger partial charge in [0.05, 0.1) is 19.0 Å². The van der Waals surface area contributed by atoms with Crippen molar-refractivity contribution in [2.45, 2.75) is 24.9 Å². The quantitative estimate of drug-likeness (QED) is 0.522. The van der Waals surface area contributed by atoms with E-state index in [1.54, 1.807) is 35.9 Å². The summed E-state index contributed by atoms with van der Waals surface area (Å²) < 4.78 is 29.6. The molecule has 12 heteroatoms. The molecule has 0 bridgehead atoms. The van der Waals surface area contributed by atoms with Gasteiger partial charge in [-0.15, -0.1) is 0 Å². The number of methoxy groups -OCH3 is 1. The molecular formula is C19H22N5O6P. The second kappa shape index (κ2) is 8.81. The summed E-state index contributed by atoms with van der Waals surface area (Å²) in [7, 11) is -2.06.